The SMILES string of the molecule is COCCNc1ccc(CC2CCCN(C(=O)c3ccn[nH]3)C2)nn1. The lowest BCUT2D eigenvalue weighted by Gasteiger charge is -2.32. The Kier molecular flexibility index (Phi) is 5.95. The van der Waals surface area contributed by atoms with Gasteiger partial charge in [0, 0.05) is 32.9 Å². The third-order valence-corrected chi connectivity index (χ3v) is 4.37. The van der Waals surface area contributed by atoms with E-state index in [1.165, 1.54) is 0 Å². The highest BCUT2D eigenvalue weighted by molar-refractivity contribution is 5.92. The summed E-state index contributed by atoms with van der Waals surface area (Å²) in [6.45, 7) is 2.87. The Bertz CT molecular complexity index is 658. The van der Waals surface area contributed by atoms with E-state index >= 15 is 0 Å². The number of rotatable bonds is 7. The summed E-state index contributed by atoms with van der Waals surface area (Å²) in [5.41, 5.74) is 1.50. The molecule has 2 aromatic rings. The summed E-state index contributed by atoms with van der Waals surface area (Å²) < 4.78 is 4.99. The number of nitrogens with zero attached hydrogens (tertiary/aromatic N) is 4. The lowest BCUT2D eigenvalue weighted by molar-refractivity contribution is 0.0666. The molecule has 1 amide bonds. The highest BCUT2D eigenvalue weighted by Gasteiger charge is 2.25. The molecule has 8 nitrogen and oxygen atoms in total. The zero-order valence-corrected chi connectivity index (χ0v) is 14.4. The molecular weight excluding hydrogens is 320 g/mol. The van der Waals surface area contributed by atoms with Gasteiger partial charge >= 0.3 is 0 Å². The highest BCUT2D eigenvalue weighted by Crippen LogP contribution is 2.21. The number of H-pyrrole nitrogens is 1. The third kappa shape index (κ3) is 4.76. The van der Waals surface area contributed by atoms with Crippen LogP contribution in [0.4, 0.5) is 5.82 Å². The number of aromatic nitrogens is 4. The van der Waals surface area contributed by atoms with Crippen LogP contribution in [0.1, 0.15) is 29.0 Å². The van der Waals surface area contributed by atoms with E-state index in [1.54, 1.807) is 19.4 Å². The number of likely N-dealkylation sites (tertiary alicyclic amines) is 1. The molecule has 0 spiro atoms. The number of hydrogen-bond donors (Lipinski definition) is 2. The van der Waals surface area contributed by atoms with Gasteiger partial charge in [0.1, 0.15) is 11.5 Å². The van der Waals surface area contributed by atoms with E-state index in [4.69, 9.17) is 4.74 Å². The van der Waals surface area contributed by atoms with Crippen molar-refractivity contribution >= 4 is 11.7 Å². The molecule has 3 rings (SSSR count). The minimum atomic E-state index is 0.0194. The van der Waals surface area contributed by atoms with E-state index in [0.717, 1.165) is 43.9 Å². The summed E-state index contributed by atoms with van der Waals surface area (Å²) in [4.78, 5) is 14.3. The molecule has 3 heterocycles. The second kappa shape index (κ2) is 8.57. The molecule has 1 fully saturated rings. The van der Waals surface area contributed by atoms with Crippen LogP contribution >= 0.6 is 0 Å². The summed E-state index contributed by atoms with van der Waals surface area (Å²) in [5, 5.41) is 18.3. The predicted molar refractivity (Wildman–Crippen MR) is 93.3 cm³/mol. The van der Waals surface area contributed by atoms with Crippen molar-refractivity contribution in [2.45, 2.75) is 19.3 Å². The van der Waals surface area contributed by atoms with Crippen molar-refractivity contribution in [2.24, 2.45) is 5.92 Å². The quantitative estimate of drug-likeness (QED) is 0.736. The van der Waals surface area contributed by atoms with E-state index < -0.39 is 0 Å². The molecule has 0 radical (unpaired) electrons. The Balaban J connectivity index is 1.53. The van der Waals surface area contributed by atoms with E-state index in [9.17, 15) is 4.79 Å². The van der Waals surface area contributed by atoms with E-state index in [2.05, 4.69) is 25.7 Å². The summed E-state index contributed by atoms with van der Waals surface area (Å²) in [6, 6.07) is 5.65. The topological polar surface area (TPSA) is 96.0 Å². The average molecular weight is 344 g/mol. The maximum Gasteiger partial charge on any atom is 0.271 e. The molecule has 2 N–H and O–H groups in total. The number of methoxy groups -OCH3 is 1. The lowest BCUT2D eigenvalue weighted by Crippen LogP contribution is -2.40. The van der Waals surface area contributed by atoms with Gasteiger partial charge in [-0.25, -0.2) is 0 Å². The van der Waals surface area contributed by atoms with Gasteiger partial charge < -0.3 is 15.0 Å². The molecular formula is C17H24N6O2. The molecule has 8 heteroatoms. The number of carbonyl (C=O) groups excluding carboxylic acids is 1. The smallest absolute Gasteiger partial charge is 0.271 e. The second-order valence-electron chi connectivity index (χ2n) is 6.26. The van der Waals surface area contributed by atoms with Gasteiger partial charge in [0.25, 0.3) is 5.91 Å². The number of piperidine rings is 1. The van der Waals surface area contributed by atoms with Crippen LogP contribution in [0.3, 0.4) is 0 Å². The molecule has 0 aromatic carbocycles. The minimum Gasteiger partial charge on any atom is -0.383 e. The molecule has 1 aliphatic heterocycles. The normalized spacial score (nSPS) is 17.5. The van der Waals surface area contributed by atoms with Crippen molar-refractivity contribution in [3.8, 4) is 0 Å². The number of anilines is 1. The summed E-state index contributed by atoms with van der Waals surface area (Å²) in [7, 11) is 1.67. The van der Waals surface area contributed by atoms with Crippen LogP contribution in [0, 0.1) is 5.92 Å². The van der Waals surface area contributed by atoms with Crippen LogP contribution in [-0.2, 0) is 11.2 Å². The van der Waals surface area contributed by atoms with Crippen LogP contribution in [0.25, 0.3) is 0 Å². The minimum absolute atomic E-state index is 0.0194. The fraction of sp³-hybridized carbons (Fsp3) is 0.529. The van der Waals surface area contributed by atoms with E-state index in [0.29, 0.717) is 24.8 Å². The monoisotopic (exact) mass is 344 g/mol. The van der Waals surface area contributed by atoms with Crippen LogP contribution in [0.5, 0.6) is 0 Å². The maximum absolute atomic E-state index is 12.4. The van der Waals surface area contributed by atoms with Crippen LogP contribution in [0.15, 0.2) is 24.4 Å². The van der Waals surface area contributed by atoms with Gasteiger partial charge in [-0.3, -0.25) is 9.89 Å². The first-order chi connectivity index (χ1) is 12.3. The predicted octanol–water partition coefficient (Wildman–Crippen LogP) is 1.35. The van der Waals surface area contributed by atoms with Gasteiger partial charge in [-0.15, -0.1) is 5.10 Å². The van der Waals surface area contributed by atoms with Crippen molar-refractivity contribution < 1.29 is 9.53 Å². The first kappa shape index (κ1) is 17.3. The molecule has 0 saturated carbocycles. The standard InChI is InChI=1S/C17H24N6O2/c1-25-10-8-18-16-5-4-14(20-22-16)11-13-3-2-9-23(12-13)17(24)15-6-7-19-21-15/h4-7,13H,2-3,8-12H2,1H3,(H,18,22)(H,19,21). The van der Waals surface area contributed by atoms with Crippen molar-refractivity contribution in [3.63, 3.8) is 0 Å². The van der Waals surface area contributed by atoms with Crippen LogP contribution < -0.4 is 5.32 Å². The third-order valence-electron chi connectivity index (χ3n) is 4.37. The fourth-order valence-electron chi connectivity index (χ4n) is 3.10. The van der Waals surface area contributed by atoms with Crippen molar-refractivity contribution in [1.82, 2.24) is 25.3 Å². The Hall–Kier alpha value is -2.48. The van der Waals surface area contributed by atoms with Gasteiger partial charge in [-0.2, -0.15) is 10.2 Å². The Labute approximate surface area is 147 Å². The zero-order valence-electron chi connectivity index (χ0n) is 14.4. The van der Waals surface area contributed by atoms with E-state index in [1.807, 2.05) is 17.0 Å². The van der Waals surface area contributed by atoms with Crippen LogP contribution in [-0.4, -0.2) is 64.6 Å². The average Bonchev–Trinajstić information content (AvgIpc) is 3.18. The first-order valence-electron chi connectivity index (χ1n) is 8.60. The summed E-state index contributed by atoms with van der Waals surface area (Å²) >= 11 is 0. The maximum atomic E-state index is 12.4. The van der Waals surface area contributed by atoms with Crippen molar-refractivity contribution in [3.05, 3.63) is 35.8 Å². The molecule has 0 bridgehead atoms. The first-order valence-corrected chi connectivity index (χ1v) is 8.60. The summed E-state index contributed by atoms with van der Waals surface area (Å²) in [6.07, 6.45) is 4.54. The largest absolute Gasteiger partial charge is 0.383 e. The van der Waals surface area contributed by atoms with Crippen LogP contribution in [0.2, 0.25) is 0 Å². The van der Waals surface area contributed by atoms with Gasteiger partial charge in [0.05, 0.1) is 12.3 Å². The van der Waals surface area contributed by atoms with Gasteiger partial charge in [-0.1, -0.05) is 0 Å². The van der Waals surface area contributed by atoms with Gasteiger partial charge in [-0.05, 0) is 43.4 Å². The molecule has 1 atom stereocenters. The summed E-state index contributed by atoms with van der Waals surface area (Å²) in [5.74, 6) is 1.17. The Morgan fingerprint density at radius 3 is 3.04 bits per heavy atom. The molecule has 134 valence electrons. The second-order valence-corrected chi connectivity index (χ2v) is 6.26. The number of ether oxygens (including phenoxy) is 1. The number of aromatic amines is 1. The number of carbonyl (C=O) groups is 1. The molecule has 1 saturated heterocycles. The van der Waals surface area contributed by atoms with E-state index in [-0.39, 0.29) is 5.91 Å². The number of nitrogens with one attached hydrogen (secondary N) is 2. The molecule has 25 heavy (non-hydrogen) atoms. The molecule has 2 aromatic heterocycles. The molecule has 1 aliphatic rings. The number of hydrogen-bond acceptors (Lipinski definition) is 6. The Morgan fingerprint density at radius 2 is 2.32 bits per heavy atom. The Morgan fingerprint density at radius 1 is 1.40 bits per heavy atom. The van der Waals surface area contributed by atoms with Gasteiger partial charge in [0.2, 0.25) is 0 Å². The van der Waals surface area contributed by atoms with Crippen molar-refractivity contribution in [2.75, 3.05) is 38.7 Å². The fourth-order valence-corrected chi connectivity index (χ4v) is 3.10. The van der Waals surface area contributed by atoms with Gasteiger partial charge in [0.15, 0.2) is 0 Å². The lowest BCUT2D eigenvalue weighted by atomic mass is 9.93. The zero-order chi connectivity index (χ0) is 17.5. The highest BCUT2D eigenvalue weighted by atomic mass is 16.5. The molecule has 0 aliphatic carbocycles. The molecule has 1 unspecified atom stereocenters. The van der Waals surface area contributed by atoms with Crippen molar-refractivity contribution in [1.29, 1.82) is 0 Å². The number of amides is 1.